The molecule has 1 heterocycles. The van der Waals surface area contributed by atoms with Crippen molar-refractivity contribution in [1.29, 1.82) is 0 Å². The number of nitrogens with zero attached hydrogens (tertiary/aromatic N) is 2. The van der Waals surface area contributed by atoms with Crippen LogP contribution < -0.4 is 15.5 Å². The van der Waals surface area contributed by atoms with Gasteiger partial charge in [0.05, 0.1) is 11.9 Å². The van der Waals surface area contributed by atoms with Gasteiger partial charge in [-0.15, -0.1) is 0 Å². The Balaban J connectivity index is 1.65. The molecule has 0 aliphatic carbocycles. The number of benzene rings is 2. The van der Waals surface area contributed by atoms with Crippen LogP contribution in [-0.2, 0) is 0 Å². The van der Waals surface area contributed by atoms with Gasteiger partial charge in [0.25, 0.3) is 5.91 Å². The molecular formula is C20H19FN4O. The first-order chi connectivity index (χ1) is 12.5. The molecular weight excluding hydrogens is 331 g/mol. The molecule has 132 valence electrons. The van der Waals surface area contributed by atoms with Gasteiger partial charge in [0.15, 0.2) is 0 Å². The molecule has 3 rings (SSSR count). The average Bonchev–Trinajstić information content (AvgIpc) is 2.63. The Morgan fingerprint density at radius 2 is 1.69 bits per heavy atom. The molecule has 0 saturated carbocycles. The van der Waals surface area contributed by atoms with Crippen LogP contribution in [0.25, 0.3) is 0 Å². The first kappa shape index (κ1) is 17.4. The quantitative estimate of drug-likeness (QED) is 0.721. The van der Waals surface area contributed by atoms with Gasteiger partial charge in [-0.05, 0) is 54.6 Å². The van der Waals surface area contributed by atoms with Crippen LogP contribution in [0, 0.1) is 5.82 Å². The summed E-state index contributed by atoms with van der Waals surface area (Å²) < 4.78 is 13.2. The van der Waals surface area contributed by atoms with Crippen molar-refractivity contribution in [1.82, 2.24) is 4.98 Å². The van der Waals surface area contributed by atoms with Gasteiger partial charge in [-0.25, -0.2) is 9.37 Å². The fraction of sp³-hybridized carbons (Fsp3) is 0.100. The van der Waals surface area contributed by atoms with Gasteiger partial charge in [0.2, 0.25) is 0 Å². The molecule has 0 radical (unpaired) electrons. The lowest BCUT2D eigenvalue weighted by Gasteiger charge is -2.13. The summed E-state index contributed by atoms with van der Waals surface area (Å²) in [4.78, 5) is 18.4. The number of amides is 1. The molecule has 0 saturated heterocycles. The highest BCUT2D eigenvalue weighted by atomic mass is 19.1. The van der Waals surface area contributed by atoms with Gasteiger partial charge in [0.1, 0.15) is 11.5 Å². The van der Waals surface area contributed by atoms with E-state index in [9.17, 15) is 9.18 Å². The molecule has 3 aromatic rings. The van der Waals surface area contributed by atoms with Crippen molar-refractivity contribution in [2.45, 2.75) is 0 Å². The number of hydrogen-bond acceptors (Lipinski definition) is 4. The van der Waals surface area contributed by atoms with E-state index < -0.39 is 11.7 Å². The molecule has 2 aromatic carbocycles. The normalized spacial score (nSPS) is 10.3. The second-order valence-electron chi connectivity index (χ2n) is 5.96. The average molecular weight is 350 g/mol. The maximum Gasteiger partial charge on any atom is 0.274 e. The third-order valence-corrected chi connectivity index (χ3v) is 3.75. The zero-order valence-corrected chi connectivity index (χ0v) is 14.5. The van der Waals surface area contributed by atoms with Gasteiger partial charge in [0, 0.05) is 31.2 Å². The molecule has 0 aliphatic heterocycles. The van der Waals surface area contributed by atoms with Gasteiger partial charge in [-0.2, -0.15) is 0 Å². The number of nitrogens with one attached hydrogen (secondary N) is 2. The van der Waals surface area contributed by atoms with Crippen molar-refractivity contribution in [3.8, 4) is 0 Å². The Hall–Kier alpha value is -3.41. The minimum atomic E-state index is -0.407. The van der Waals surface area contributed by atoms with Crippen molar-refractivity contribution in [3.05, 3.63) is 78.4 Å². The van der Waals surface area contributed by atoms with Crippen molar-refractivity contribution < 1.29 is 9.18 Å². The highest BCUT2D eigenvalue weighted by Crippen LogP contribution is 2.20. The molecule has 0 bridgehead atoms. The molecule has 6 heteroatoms. The van der Waals surface area contributed by atoms with Crippen LogP contribution in [0.3, 0.4) is 0 Å². The Labute approximate surface area is 151 Å². The van der Waals surface area contributed by atoms with E-state index in [0.29, 0.717) is 5.69 Å². The van der Waals surface area contributed by atoms with E-state index in [-0.39, 0.29) is 5.69 Å². The lowest BCUT2D eigenvalue weighted by Crippen LogP contribution is -2.13. The third kappa shape index (κ3) is 4.36. The summed E-state index contributed by atoms with van der Waals surface area (Å²) in [6.07, 6.45) is 1.58. The highest BCUT2D eigenvalue weighted by Gasteiger charge is 2.08. The van der Waals surface area contributed by atoms with Crippen LogP contribution in [0.1, 0.15) is 10.5 Å². The monoisotopic (exact) mass is 350 g/mol. The molecule has 1 amide bonds. The fourth-order valence-corrected chi connectivity index (χ4v) is 2.37. The predicted molar refractivity (Wildman–Crippen MR) is 103 cm³/mol. The van der Waals surface area contributed by atoms with E-state index in [0.717, 1.165) is 17.1 Å². The number of hydrogen-bond donors (Lipinski definition) is 2. The number of pyridine rings is 1. The summed E-state index contributed by atoms with van der Waals surface area (Å²) in [6, 6.07) is 17.1. The predicted octanol–water partition coefficient (Wildman–Crippen LogP) is 4.28. The molecule has 26 heavy (non-hydrogen) atoms. The number of rotatable bonds is 5. The summed E-state index contributed by atoms with van der Waals surface area (Å²) in [5.41, 5.74) is 3.44. The molecule has 0 unspecified atom stereocenters. The number of anilines is 4. The molecule has 5 nitrogen and oxygen atoms in total. The van der Waals surface area contributed by atoms with Crippen LogP contribution in [0.15, 0.2) is 66.9 Å². The second-order valence-corrected chi connectivity index (χ2v) is 5.96. The van der Waals surface area contributed by atoms with Crippen LogP contribution in [0.2, 0.25) is 0 Å². The number of halogens is 1. The summed E-state index contributed by atoms with van der Waals surface area (Å²) in [5, 5.41) is 5.85. The number of carbonyl (C=O) groups excluding carboxylic acids is 1. The van der Waals surface area contributed by atoms with E-state index in [1.165, 1.54) is 18.2 Å². The Kier molecular flexibility index (Phi) is 5.12. The van der Waals surface area contributed by atoms with Crippen molar-refractivity contribution in [3.63, 3.8) is 0 Å². The molecule has 1 aromatic heterocycles. The minimum Gasteiger partial charge on any atom is -0.378 e. The van der Waals surface area contributed by atoms with Crippen molar-refractivity contribution >= 4 is 28.7 Å². The summed E-state index contributed by atoms with van der Waals surface area (Å²) in [7, 11) is 3.97. The second kappa shape index (κ2) is 7.65. The van der Waals surface area contributed by atoms with Gasteiger partial charge >= 0.3 is 0 Å². The first-order valence-corrected chi connectivity index (χ1v) is 8.09. The van der Waals surface area contributed by atoms with Crippen LogP contribution >= 0.6 is 0 Å². The lowest BCUT2D eigenvalue weighted by atomic mass is 10.2. The SMILES string of the molecule is CN(C)c1ccc(Nc2ccc(C(=O)Nc3cccc(F)c3)nc2)cc1. The van der Waals surface area contributed by atoms with Crippen LogP contribution in [0.5, 0.6) is 0 Å². The van der Waals surface area contributed by atoms with Gasteiger partial charge in [-0.3, -0.25) is 4.79 Å². The van der Waals surface area contributed by atoms with Crippen LogP contribution in [0.4, 0.5) is 27.1 Å². The third-order valence-electron chi connectivity index (χ3n) is 3.75. The molecule has 2 N–H and O–H groups in total. The lowest BCUT2D eigenvalue weighted by molar-refractivity contribution is 0.102. The Morgan fingerprint density at radius 3 is 2.31 bits per heavy atom. The van der Waals surface area contributed by atoms with Gasteiger partial charge < -0.3 is 15.5 Å². The summed E-state index contributed by atoms with van der Waals surface area (Å²) in [5.74, 6) is -0.798. The Bertz CT molecular complexity index is 892. The first-order valence-electron chi connectivity index (χ1n) is 8.09. The zero-order chi connectivity index (χ0) is 18.5. The summed E-state index contributed by atoms with van der Waals surface area (Å²) in [6.45, 7) is 0. The maximum absolute atomic E-state index is 13.2. The van der Waals surface area contributed by atoms with E-state index in [2.05, 4.69) is 15.6 Å². The van der Waals surface area contributed by atoms with Gasteiger partial charge in [-0.1, -0.05) is 6.07 Å². The maximum atomic E-state index is 13.2. The number of carbonyl (C=O) groups is 1. The van der Waals surface area contributed by atoms with E-state index in [4.69, 9.17) is 0 Å². The van der Waals surface area contributed by atoms with E-state index >= 15 is 0 Å². The fourth-order valence-electron chi connectivity index (χ4n) is 2.37. The zero-order valence-electron chi connectivity index (χ0n) is 14.5. The Morgan fingerprint density at radius 1 is 0.962 bits per heavy atom. The van der Waals surface area contributed by atoms with Crippen LogP contribution in [-0.4, -0.2) is 25.0 Å². The molecule has 0 spiro atoms. The highest BCUT2D eigenvalue weighted by molar-refractivity contribution is 6.02. The topological polar surface area (TPSA) is 57.3 Å². The molecule has 0 aliphatic rings. The number of aromatic nitrogens is 1. The molecule has 0 fully saturated rings. The largest absolute Gasteiger partial charge is 0.378 e. The van der Waals surface area contributed by atoms with Crippen molar-refractivity contribution in [2.24, 2.45) is 0 Å². The van der Waals surface area contributed by atoms with E-state index in [1.807, 2.05) is 43.3 Å². The van der Waals surface area contributed by atoms with Crippen molar-refractivity contribution in [2.75, 3.05) is 29.6 Å². The summed E-state index contributed by atoms with van der Waals surface area (Å²) >= 11 is 0. The molecule has 0 atom stereocenters. The minimum absolute atomic E-state index is 0.253. The smallest absolute Gasteiger partial charge is 0.274 e. The van der Waals surface area contributed by atoms with E-state index in [1.54, 1.807) is 24.4 Å². The standard InChI is InChI=1S/C20H19FN4O/c1-25(2)18-9-6-15(7-10-18)23-17-8-11-19(22-13-17)20(26)24-16-5-3-4-14(21)12-16/h3-13,23H,1-2H3,(H,24,26).